The molecule has 0 aromatic heterocycles. The number of allylic oxidation sites excluding steroid dienone is 14. The molecule has 0 saturated heterocycles. The summed E-state index contributed by atoms with van der Waals surface area (Å²) >= 11 is 0. The number of rotatable bonds is 48. The Morgan fingerprint density at radius 1 is 0.323 bits per heavy atom. The molecule has 372 valence electrons. The van der Waals surface area contributed by atoms with Crippen molar-refractivity contribution in [3.8, 4) is 0 Å². The van der Waals surface area contributed by atoms with Crippen LogP contribution >= 0.6 is 0 Å². The summed E-state index contributed by atoms with van der Waals surface area (Å²) in [5.41, 5.74) is 0. The lowest BCUT2D eigenvalue weighted by molar-refractivity contribution is -0.167. The lowest BCUT2D eigenvalue weighted by atomic mass is 10.1. The van der Waals surface area contributed by atoms with Crippen molar-refractivity contribution in [2.45, 2.75) is 258 Å². The van der Waals surface area contributed by atoms with Crippen LogP contribution in [0.5, 0.6) is 0 Å². The lowest BCUT2D eigenvalue weighted by Gasteiger charge is -2.18. The second-order valence-electron chi connectivity index (χ2n) is 17.7. The number of unbranched alkanes of at least 4 members (excludes halogenated alkanes) is 23. The zero-order valence-electron chi connectivity index (χ0n) is 42.5. The molecule has 0 bridgehead atoms. The molecular weight excluding hydrogens is 805 g/mol. The molecule has 0 N–H and O–H groups in total. The number of carbonyl (C=O) groups excluding carboxylic acids is 3. The summed E-state index contributed by atoms with van der Waals surface area (Å²) in [4.78, 5) is 38.0. The summed E-state index contributed by atoms with van der Waals surface area (Å²) < 4.78 is 16.8. The Morgan fingerprint density at radius 3 is 0.954 bits per heavy atom. The van der Waals surface area contributed by atoms with Gasteiger partial charge in [0, 0.05) is 19.3 Å². The zero-order chi connectivity index (χ0) is 47.2. The van der Waals surface area contributed by atoms with Crippen molar-refractivity contribution in [3.63, 3.8) is 0 Å². The normalized spacial score (nSPS) is 12.7. The maximum Gasteiger partial charge on any atom is 0.306 e. The number of hydrogen-bond donors (Lipinski definition) is 0. The third-order valence-corrected chi connectivity index (χ3v) is 11.4. The second kappa shape index (κ2) is 53.2. The van der Waals surface area contributed by atoms with Crippen molar-refractivity contribution in [1.82, 2.24) is 0 Å². The molecule has 0 aromatic rings. The second-order valence-corrected chi connectivity index (χ2v) is 17.7. The molecule has 0 aliphatic carbocycles. The molecule has 6 nitrogen and oxygen atoms in total. The van der Waals surface area contributed by atoms with E-state index in [4.69, 9.17) is 14.2 Å². The van der Waals surface area contributed by atoms with Crippen molar-refractivity contribution in [3.05, 3.63) is 85.1 Å². The monoisotopic (exact) mass is 905 g/mol. The maximum atomic E-state index is 12.8. The highest BCUT2D eigenvalue weighted by atomic mass is 16.6. The van der Waals surface area contributed by atoms with Gasteiger partial charge in [0.1, 0.15) is 13.2 Å². The van der Waals surface area contributed by atoms with Crippen LogP contribution in [0.3, 0.4) is 0 Å². The quantitative estimate of drug-likeness (QED) is 0.0262. The Morgan fingerprint density at radius 2 is 0.600 bits per heavy atom. The van der Waals surface area contributed by atoms with Gasteiger partial charge in [0.15, 0.2) is 6.10 Å². The van der Waals surface area contributed by atoms with Gasteiger partial charge in [-0.1, -0.05) is 202 Å². The van der Waals surface area contributed by atoms with Gasteiger partial charge in [-0.15, -0.1) is 0 Å². The number of esters is 3. The van der Waals surface area contributed by atoms with Gasteiger partial charge in [-0.3, -0.25) is 14.4 Å². The Kier molecular flexibility index (Phi) is 50.4. The summed E-state index contributed by atoms with van der Waals surface area (Å²) in [7, 11) is 0. The van der Waals surface area contributed by atoms with E-state index in [0.717, 1.165) is 122 Å². The first-order valence-electron chi connectivity index (χ1n) is 27.1. The molecule has 0 spiro atoms. The zero-order valence-corrected chi connectivity index (χ0v) is 42.5. The van der Waals surface area contributed by atoms with Gasteiger partial charge >= 0.3 is 17.9 Å². The Labute approximate surface area is 401 Å². The van der Waals surface area contributed by atoms with Crippen LogP contribution < -0.4 is 0 Å². The highest BCUT2D eigenvalue weighted by Crippen LogP contribution is 2.14. The molecule has 0 aromatic carbocycles. The molecule has 1 atom stereocenters. The fourth-order valence-electron chi connectivity index (χ4n) is 7.28. The van der Waals surface area contributed by atoms with Gasteiger partial charge in [0.25, 0.3) is 0 Å². The van der Waals surface area contributed by atoms with Gasteiger partial charge in [-0.25, -0.2) is 0 Å². The molecular formula is C59H100O6. The van der Waals surface area contributed by atoms with E-state index in [1.165, 1.54) is 89.9 Å². The SMILES string of the molecule is CC/C=C\C/C=C\C/C=C\CCCCCC(=O)OCC(COC(=O)CCCCCCCCC/C=C\C/C=C\CCCCCC)OC(=O)CCCCCCC/C=C\C/C=C\CCCCCC. The van der Waals surface area contributed by atoms with Crippen LogP contribution in [0.1, 0.15) is 252 Å². The van der Waals surface area contributed by atoms with Crippen LogP contribution in [0.15, 0.2) is 85.1 Å². The molecule has 0 radical (unpaired) electrons. The minimum Gasteiger partial charge on any atom is -0.462 e. The summed E-state index contributed by atoms with van der Waals surface area (Å²) in [6, 6.07) is 0. The fraction of sp³-hybridized carbons (Fsp3) is 0.712. The molecule has 1 unspecified atom stereocenters. The Bertz CT molecular complexity index is 1270. The van der Waals surface area contributed by atoms with Gasteiger partial charge in [0.05, 0.1) is 0 Å². The van der Waals surface area contributed by atoms with Crippen molar-refractivity contribution >= 4 is 17.9 Å². The van der Waals surface area contributed by atoms with Crippen molar-refractivity contribution in [2.75, 3.05) is 13.2 Å². The molecule has 0 saturated carbocycles. The standard InChI is InChI=1S/C59H100O6/c1-4-7-10-13-16-19-22-25-27-29-30-32-34-37-40-43-46-49-52-58(61)64-55-56(54-63-57(60)51-48-45-42-39-36-33-24-21-18-15-12-9-6-3)65-59(62)53-50-47-44-41-38-35-31-28-26-23-20-17-14-11-8-5-2/h9,12,18-23,27-29,31,33,36,56H,4-8,10-11,13-17,24-26,30,32,34-35,37-55H2,1-3H3/b12-9-,21-18-,22-19-,23-20-,29-27-,31-28-,36-33-. The molecule has 6 heteroatoms. The van der Waals surface area contributed by atoms with E-state index in [0.29, 0.717) is 19.3 Å². The number of carbonyl (C=O) groups is 3. The van der Waals surface area contributed by atoms with Crippen molar-refractivity contribution in [2.24, 2.45) is 0 Å². The molecule has 0 rings (SSSR count). The van der Waals surface area contributed by atoms with Crippen molar-refractivity contribution < 1.29 is 28.6 Å². The van der Waals surface area contributed by atoms with Crippen LogP contribution in [0.2, 0.25) is 0 Å². The van der Waals surface area contributed by atoms with Gasteiger partial charge < -0.3 is 14.2 Å². The van der Waals surface area contributed by atoms with E-state index in [1.807, 2.05) is 0 Å². The summed E-state index contributed by atoms with van der Waals surface area (Å²) in [5, 5.41) is 0. The first kappa shape index (κ1) is 61.6. The highest BCUT2D eigenvalue weighted by Gasteiger charge is 2.19. The average Bonchev–Trinajstić information content (AvgIpc) is 3.30. The minimum absolute atomic E-state index is 0.0964. The molecule has 0 aliphatic rings. The van der Waals surface area contributed by atoms with E-state index in [-0.39, 0.29) is 31.1 Å². The molecule has 0 aliphatic heterocycles. The van der Waals surface area contributed by atoms with Gasteiger partial charge in [-0.2, -0.15) is 0 Å². The van der Waals surface area contributed by atoms with Crippen LogP contribution in [-0.4, -0.2) is 37.2 Å². The number of ether oxygens (including phenoxy) is 3. The van der Waals surface area contributed by atoms with E-state index in [2.05, 4.69) is 106 Å². The van der Waals surface area contributed by atoms with Gasteiger partial charge in [-0.05, 0) is 116 Å². The predicted molar refractivity (Wildman–Crippen MR) is 279 cm³/mol. The van der Waals surface area contributed by atoms with Gasteiger partial charge in [0.2, 0.25) is 0 Å². The highest BCUT2D eigenvalue weighted by molar-refractivity contribution is 5.71. The third kappa shape index (κ3) is 51.4. The van der Waals surface area contributed by atoms with E-state index in [1.54, 1.807) is 0 Å². The van der Waals surface area contributed by atoms with Crippen LogP contribution in [0, 0.1) is 0 Å². The largest absolute Gasteiger partial charge is 0.462 e. The first-order valence-corrected chi connectivity index (χ1v) is 27.1. The van der Waals surface area contributed by atoms with Crippen LogP contribution in [0.25, 0.3) is 0 Å². The summed E-state index contributed by atoms with van der Waals surface area (Å²) in [6.45, 7) is 6.45. The van der Waals surface area contributed by atoms with E-state index < -0.39 is 6.10 Å². The molecule has 0 amide bonds. The summed E-state index contributed by atoms with van der Waals surface area (Å²) in [6.07, 6.45) is 68.5. The summed E-state index contributed by atoms with van der Waals surface area (Å²) in [5.74, 6) is -0.946. The van der Waals surface area contributed by atoms with Crippen LogP contribution in [-0.2, 0) is 28.6 Å². The average molecular weight is 905 g/mol. The van der Waals surface area contributed by atoms with Crippen molar-refractivity contribution in [1.29, 1.82) is 0 Å². The topological polar surface area (TPSA) is 78.9 Å². The molecule has 0 fully saturated rings. The Hall–Kier alpha value is -3.41. The fourth-order valence-corrected chi connectivity index (χ4v) is 7.28. The number of hydrogen-bond acceptors (Lipinski definition) is 6. The molecule has 65 heavy (non-hydrogen) atoms. The van der Waals surface area contributed by atoms with E-state index >= 15 is 0 Å². The van der Waals surface area contributed by atoms with E-state index in [9.17, 15) is 14.4 Å². The Balaban J connectivity index is 4.45. The maximum absolute atomic E-state index is 12.8. The smallest absolute Gasteiger partial charge is 0.306 e. The first-order chi connectivity index (χ1) is 32.0. The predicted octanol–water partition coefficient (Wildman–Crippen LogP) is 18.0. The molecule has 0 heterocycles. The van der Waals surface area contributed by atoms with Crippen LogP contribution in [0.4, 0.5) is 0 Å². The minimum atomic E-state index is -0.799. The third-order valence-electron chi connectivity index (χ3n) is 11.4. The lowest BCUT2D eigenvalue weighted by Crippen LogP contribution is -2.30.